The number of carbonyl (C=O) groups excluding carboxylic acids is 1. The molecule has 0 aromatic heterocycles. The Morgan fingerprint density at radius 1 is 1.29 bits per heavy atom. The number of para-hydroxylation sites is 1. The summed E-state index contributed by atoms with van der Waals surface area (Å²) >= 11 is 0. The van der Waals surface area contributed by atoms with E-state index in [2.05, 4.69) is 10.2 Å². The molecule has 1 aromatic rings. The summed E-state index contributed by atoms with van der Waals surface area (Å²) in [7, 11) is 1.73. The largest absolute Gasteiger partial charge is 0.493 e. The van der Waals surface area contributed by atoms with Gasteiger partial charge in [-0.1, -0.05) is 18.2 Å². The number of hydrogen-bond acceptors (Lipinski definition) is 4. The highest BCUT2D eigenvalue weighted by atomic mass is 16.5. The first-order chi connectivity index (χ1) is 11.8. The van der Waals surface area contributed by atoms with E-state index in [0.29, 0.717) is 6.61 Å². The average molecular weight is 333 g/mol. The maximum Gasteiger partial charge on any atom is 0.317 e. The van der Waals surface area contributed by atoms with Gasteiger partial charge >= 0.3 is 6.03 Å². The average Bonchev–Trinajstić information content (AvgIpc) is 2.86. The molecular formula is C18H27N3O3. The van der Waals surface area contributed by atoms with Crippen LogP contribution >= 0.6 is 0 Å². The van der Waals surface area contributed by atoms with Crippen LogP contribution in [0.25, 0.3) is 0 Å². The summed E-state index contributed by atoms with van der Waals surface area (Å²) < 4.78 is 10.8. The Morgan fingerprint density at radius 2 is 2.17 bits per heavy atom. The lowest BCUT2D eigenvalue weighted by Crippen LogP contribution is -2.44. The zero-order chi connectivity index (χ0) is 16.8. The minimum absolute atomic E-state index is 0.0327. The van der Waals surface area contributed by atoms with Crippen molar-refractivity contribution in [3.8, 4) is 5.75 Å². The third-order valence-corrected chi connectivity index (χ3v) is 4.74. The van der Waals surface area contributed by atoms with Crippen LogP contribution in [0, 0.1) is 0 Å². The van der Waals surface area contributed by atoms with Gasteiger partial charge in [0.05, 0.1) is 19.3 Å². The number of nitrogens with zero attached hydrogens (tertiary/aromatic N) is 2. The predicted octanol–water partition coefficient (Wildman–Crippen LogP) is 1.87. The molecule has 0 radical (unpaired) electrons. The number of rotatable bonds is 4. The first-order valence-corrected chi connectivity index (χ1v) is 8.76. The number of carbonyl (C=O) groups is 1. The SMILES string of the molecule is COCCN1CCCN(C(=O)NC2CCOc3ccccc32)CC1. The van der Waals surface area contributed by atoms with Gasteiger partial charge in [-0.05, 0) is 19.0 Å². The predicted molar refractivity (Wildman–Crippen MR) is 92.3 cm³/mol. The summed E-state index contributed by atoms with van der Waals surface area (Å²) in [4.78, 5) is 17.0. The Labute approximate surface area is 143 Å². The van der Waals surface area contributed by atoms with E-state index in [0.717, 1.165) is 63.5 Å². The molecule has 0 saturated carbocycles. The normalized spacial score (nSPS) is 21.5. The van der Waals surface area contributed by atoms with Gasteiger partial charge in [0.15, 0.2) is 0 Å². The molecule has 1 unspecified atom stereocenters. The van der Waals surface area contributed by atoms with E-state index >= 15 is 0 Å². The molecule has 2 aliphatic heterocycles. The Bertz CT molecular complexity index is 552. The summed E-state index contributed by atoms with van der Waals surface area (Å²) in [6.07, 6.45) is 1.82. The lowest BCUT2D eigenvalue weighted by atomic mass is 10.0. The van der Waals surface area contributed by atoms with Crippen molar-refractivity contribution in [2.75, 3.05) is 53.0 Å². The Morgan fingerprint density at radius 3 is 3.04 bits per heavy atom. The van der Waals surface area contributed by atoms with Crippen LogP contribution in [0.15, 0.2) is 24.3 Å². The Balaban J connectivity index is 1.56. The molecule has 2 amide bonds. The van der Waals surface area contributed by atoms with Gasteiger partial charge in [-0.3, -0.25) is 4.90 Å². The van der Waals surface area contributed by atoms with E-state index in [9.17, 15) is 4.79 Å². The fourth-order valence-electron chi connectivity index (χ4n) is 3.35. The van der Waals surface area contributed by atoms with Gasteiger partial charge in [-0.2, -0.15) is 0 Å². The van der Waals surface area contributed by atoms with Crippen molar-refractivity contribution in [1.82, 2.24) is 15.1 Å². The molecule has 0 spiro atoms. The summed E-state index contributed by atoms with van der Waals surface area (Å²) in [5.74, 6) is 0.885. The molecule has 1 saturated heterocycles. The molecule has 1 atom stereocenters. The third kappa shape index (κ3) is 4.19. The van der Waals surface area contributed by atoms with E-state index in [1.165, 1.54) is 0 Å². The van der Waals surface area contributed by atoms with Gasteiger partial charge in [-0.15, -0.1) is 0 Å². The molecule has 132 valence electrons. The fourth-order valence-corrected chi connectivity index (χ4v) is 3.35. The maximum absolute atomic E-state index is 12.7. The van der Waals surface area contributed by atoms with Gasteiger partial charge in [0.25, 0.3) is 0 Å². The monoisotopic (exact) mass is 333 g/mol. The minimum atomic E-state index is 0.0327. The number of amides is 2. The number of ether oxygens (including phenoxy) is 2. The zero-order valence-corrected chi connectivity index (χ0v) is 14.4. The minimum Gasteiger partial charge on any atom is -0.493 e. The number of benzene rings is 1. The second-order valence-electron chi connectivity index (χ2n) is 6.35. The quantitative estimate of drug-likeness (QED) is 0.914. The van der Waals surface area contributed by atoms with Gasteiger partial charge < -0.3 is 19.7 Å². The van der Waals surface area contributed by atoms with Crippen molar-refractivity contribution < 1.29 is 14.3 Å². The van der Waals surface area contributed by atoms with Crippen molar-refractivity contribution in [2.45, 2.75) is 18.9 Å². The molecule has 24 heavy (non-hydrogen) atoms. The number of methoxy groups -OCH3 is 1. The highest BCUT2D eigenvalue weighted by molar-refractivity contribution is 5.75. The van der Waals surface area contributed by atoms with Gasteiger partial charge in [-0.25, -0.2) is 4.79 Å². The topological polar surface area (TPSA) is 54.0 Å². The molecule has 0 aliphatic carbocycles. The molecule has 2 heterocycles. The van der Waals surface area contributed by atoms with Gasteiger partial charge in [0.2, 0.25) is 0 Å². The summed E-state index contributed by atoms with van der Waals surface area (Å²) in [5.41, 5.74) is 1.08. The van der Waals surface area contributed by atoms with Crippen molar-refractivity contribution in [3.05, 3.63) is 29.8 Å². The summed E-state index contributed by atoms with van der Waals surface area (Å²) in [6, 6.07) is 8.03. The van der Waals surface area contributed by atoms with E-state index in [-0.39, 0.29) is 12.1 Å². The lowest BCUT2D eigenvalue weighted by Gasteiger charge is -2.29. The number of nitrogens with one attached hydrogen (secondary N) is 1. The first-order valence-electron chi connectivity index (χ1n) is 8.76. The van der Waals surface area contributed by atoms with Crippen molar-refractivity contribution >= 4 is 6.03 Å². The van der Waals surface area contributed by atoms with Crippen molar-refractivity contribution in [3.63, 3.8) is 0 Å². The molecule has 0 bridgehead atoms. The number of hydrogen-bond donors (Lipinski definition) is 1. The standard InChI is InChI=1S/C18H27N3O3/c1-23-14-12-20-8-4-9-21(11-10-20)18(22)19-16-7-13-24-17-6-3-2-5-15(16)17/h2-3,5-6,16H,4,7-14H2,1H3,(H,19,22). The molecule has 3 rings (SSSR count). The van der Waals surface area contributed by atoms with E-state index in [1.54, 1.807) is 7.11 Å². The fraction of sp³-hybridized carbons (Fsp3) is 0.611. The second-order valence-corrected chi connectivity index (χ2v) is 6.35. The lowest BCUT2D eigenvalue weighted by molar-refractivity contribution is 0.149. The summed E-state index contributed by atoms with van der Waals surface area (Å²) in [5, 5.41) is 3.19. The van der Waals surface area contributed by atoms with Crippen LogP contribution in [0.1, 0.15) is 24.4 Å². The van der Waals surface area contributed by atoms with Gasteiger partial charge in [0, 0.05) is 45.3 Å². The van der Waals surface area contributed by atoms with Crippen LogP contribution in [-0.4, -0.2) is 68.9 Å². The van der Waals surface area contributed by atoms with E-state index in [1.807, 2.05) is 29.2 Å². The van der Waals surface area contributed by atoms with Crippen molar-refractivity contribution in [1.29, 1.82) is 0 Å². The summed E-state index contributed by atoms with van der Waals surface area (Å²) in [6.45, 7) is 5.81. The number of fused-ring (bicyclic) bond motifs is 1. The Kier molecular flexibility index (Phi) is 5.93. The van der Waals surface area contributed by atoms with Crippen LogP contribution in [0.4, 0.5) is 4.79 Å². The molecule has 1 fully saturated rings. The molecule has 1 aromatic carbocycles. The van der Waals surface area contributed by atoms with Crippen LogP contribution in [0.3, 0.4) is 0 Å². The highest BCUT2D eigenvalue weighted by Crippen LogP contribution is 2.31. The van der Waals surface area contributed by atoms with Gasteiger partial charge in [0.1, 0.15) is 5.75 Å². The Hall–Kier alpha value is -1.79. The maximum atomic E-state index is 12.7. The van der Waals surface area contributed by atoms with Crippen LogP contribution < -0.4 is 10.1 Å². The zero-order valence-electron chi connectivity index (χ0n) is 14.4. The first kappa shape index (κ1) is 17.0. The molecule has 6 nitrogen and oxygen atoms in total. The van der Waals surface area contributed by atoms with Crippen molar-refractivity contribution in [2.24, 2.45) is 0 Å². The molecular weight excluding hydrogens is 306 g/mol. The third-order valence-electron chi connectivity index (χ3n) is 4.74. The van der Waals surface area contributed by atoms with E-state index < -0.39 is 0 Å². The molecule has 6 heteroatoms. The van der Waals surface area contributed by atoms with Crippen LogP contribution in [0.5, 0.6) is 5.75 Å². The second kappa shape index (κ2) is 8.35. The molecule has 1 N–H and O–H groups in total. The smallest absolute Gasteiger partial charge is 0.317 e. The van der Waals surface area contributed by atoms with Crippen LogP contribution in [-0.2, 0) is 4.74 Å². The molecule has 2 aliphatic rings. The van der Waals surface area contributed by atoms with E-state index in [4.69, 9.17) is 9.47 Å². The van der Waals surface area contributed by atoms with Crippen LogP contribution in [0.2, 0.25) is 0 Å². The number of urea groups is 1. The highest BCUT2D eigenvalue weighted by Gasteiger charge is 2.25.